The van der Waals surface area contributed by atoms with Gasteiger partial charge in [0.15, 0.2) is 25.0 Å². The minimum Gasteiger partial charge on any atom is -0.494 e. The molecule has 0 radical (unpaired) electrons. The number of nitrogens with one attached hydrogen (secondary N) is 1. The standard InChI is InChI=1S/C43H53ClN4O8/c1-6-12-39(50)47-37-26-33(14-19-38(37)55-43-30(3)29(2)40(54-31(4)49)41(56-43)42(51)52-5)27-48-22-20-32(21-23-48)25-35(46-28-45)13-10-8-7-9-11-24-53-36-17-15-34(44)16-18-36/h14-23,26,29-30,40-41,43H,6-13,24-25,27H2,1-5H3/p+1/t29-,30-,40+,41+,43-/m1/s1. The van der Waals surface area contributed by atoms with Crippen molar-refractivity contribution in [2.75, 3.05) is 19.0 Å². The molecule has 2 aromatic carbocycles. The summed E-state index contributed by atoms with van der Waals surface area (Å²) in [4.78, 5) is 41.4. The van der Waals surface area contributed by atoms with Gasteiger partial charge in [-0.15, -0.1) is 0 Å². The lowest BCUT2D eigenvalue weighted by atomic mass is 9.84. The van der Waals surface area contributed by atoms with Gasteiger partial charge < -0.3 is 29.0 Å². The molecule has 0 saturated carbocycles. The predicted octanol–water partition coefficient (Wildman–Crippen LogP) is 7.78. The van der Waals surface area contributed by atoms with Gasteiger partial charge in [-0.2, -0.15) is 10.3 Å². The second-order valence-electron chi connectivity index (χ2n) is 14.1. The van der Waals surface area contributed by atoms with E-state index in [1.54, 1.807) is 6.07 Å². The highest BCUT2D eigenvalue weighted by molar-refractivity contribution is 6.30. The van der Waals surface area contributed by atoms with Crippen LogP contribution in [0.2, 0.25) is 5.02 Å². The Kier molecular flexibility index (Phi) is 17.6. The molecule has 13 heteroatoms. The number of benzene rings is 2. The fourth-order valence-electron chi connectivity index (χ4n) is 6.51. The molecule has 1 aromatic heterocycles. The number of unbranched alkanes of at least 4 members (excludes halogenated alkanes) is 4. The van der Waals surface area contributed by atoms with Crippen LogP contribution in [0.15, 0.2) is 72.0 Å². The average Bonchev–Trinajstić information content (AvgIpc) is 3.17. The van der Waals surface area contributed by atoms with Crippen LogP contribution in [0.3, 0.4) is 0 Å². The third-order valence-electron chi connectivity index (χ3n) is 9.76. The van der Waals surface area contributed by atoms with Crippen molar-refractivity contribution in [3.05, 3.63) is 83.1 Å². The van der Waals surface area contributed by atoms with Gasteiger partial charge in [0.05, 0.1) is 19.4 Å². The van der Waals surface area contributed by atoms with Crippen LogP contribution < -0.4 is 19.4 Å². The number of nitrogens with zero attached hydrogens (tertiary/aromatic N) is 3. The first-order chi connectivity index (χ1) is 27.0. The van der Waals surface area contributed by atoms with E-state index < -0.39 is 30.4 Å². The van der Waals surface area contributed by atoms with Crippen molar-refractivity contribution in [1.82, 2.24) is 0 Å². The summed E-state index contributed by atoms with van der Waals surface area (Å²) in [6.07, 6.45) is 10.6. The maximum Gasteiger partial charge on any atom is 0.339 e. The van der Waals surface area contributed by atoms with E-state index >= 15 is 0 Å². The van der Waals surface area contributed by atoms with E-state index in [0.717, 1.165) is 61.1 Å². The van der Waals surface area contributed by atoms with E-state index in [1.807, 2.05) is 92.5 Å². The smallest absolute Gasteiger partial charge is 0.339 e. The summed E-state index contributed by atoms with van der Waals surface area (Å²) in [5.74, 6) is -0.745. The molecule has 4 rings (SSSR count). The first kappa shape index (κ1) is 43.7. The number of aromatic nitrogens is 1. The Morgan fingerprint density at radius 3 is 2.34 bits per heavy atom. The number of aliphatic imine (C=N–C) groups is 1. The number of hydrogen-bond acceptors (Lipinski definition) is 10. The van der Waals surface area contributed by atoms with E-state index in [2.05, 4.69) is 10.3 Å². The van der Waals surface area contributed by atoms with Gasteiger partial charge in [0.25, 0.3) is 0 Å². The Morgan fingerprint density at radius 1 is 0.946 bits per heavy atom. The lowest BCUT2D eigenvalue weighted by molar-refractivity contribution is -0.688. The highest BCUT2D eigenvalue weighted by Gasteiger charge is 2.48. The van der Waals surface area contributed by atoms with Crippen LogP contribution in [-0.2, 0) is 41.6 Å². The fraction of sp³-hybridized carbons (Fsp3) is 0.488. The number of halogens is 1. The predicted molar refractivity (Wildman–Crippen MR) is 212 cm³/mol. The molecule has 0 bridgehead atoms. The molecule has 12 nitrogen and oxygen atoms in total. The van der Waals surface area contributed by atoms with Crippen molar-refractivity contribution in [1.29, 1.82) is 5.26 Å². The highest BCUT2D eigenvalue weighted by atomic mass is 35.5. The zero-order valence-corrected chi connectivity index (χ0v) is 33.8. The number of carbonyl (C=O) groups is 3. The molecule has 56 heavy (non-hydrogen) atoms. The third-order valence-corrected chi connectivity index (χ3v) is 10.0. The fourth-order valence-corrected chi connectivity index (χ4v) is 6.63. The van der Waals surface area contributed by atoms with Gasteiger partial charge in [-0.05, 0) is 73.7 Å². The molecule has 1 saturated heterocycles. The summed E-state index contributed by atoms with van der Waals surface area (Å²) < 4.78 is 30.6. The number of rotatable bonds is 20. The first-order valence-corrected chi connectivity index (χ1v) is 19.7. The molecule has 0 aliphatic carbocycles. The molecule has 300 valence electrons. The summed E-state index contributed by atoms with van der Waals surface area (Å²) in [7, 11) is 1.24. The number of hydrogen-bond donors (Lipinski definition) is 1. The van der Waals surface area contributed by atoms with Crippen LogP contribution in [0.25, 0.3) is 0 Å². The van der Waals surface area contributed by atoms with Crippen molar-refractivity contribution in [3.63, 3.8) is 0 Å². The molecule has 1 N–H and O–H groups in total. The quantitative estimate of drug-likeness (QED) is 0.0398. The largest absolute Gasteiger partial charge is 0.494 e. The second kappa shape index (κ2) is 22.5. The summed E-state index contributed by atoms with van der Waals surface area (Å²) in [5.41, 5.74) is 3.31. The van der Waals surface area contributed by atoms with E-state index in [4.69, 9.17) is 35.3 Å². The zero-order chi connectivity index (χ0) is 40.5. The Bertz CT molecular complexity index is 1810. The van der Waals surface area contributed by atoms with Gasteiger partial charge in [-0.1, -0.05) is 51.6 Å². The van der Waals surface area contributed by atoms with Crippen LogP contribution in [0, 0.1) is 23.3 Å². The molecule has 2 heterocycles. The third kappa shape index (κ3) is 13.6. The van der Waals surface area contributed by atoms with Gasteiger partial charge in [0.2, 0.25) is 18.4 Å². The number of anilines is 1. The Morgan fingerprint density at radius 2 is 1.66 bits per heavy atom. The van der Waals surface area contributed by atoms with Crippen LogP contribution in [0.4, 0.5) is 5.69 Å². The van der Waals surface area contributed by atoms with Crippen LogP contribution >= 0.6 is 11.6 Å². The number of carbonyl (C=O) groups excluding carboxylic acids is 3. The minimum atomic E-state index is -1.18. The van der Waals surface area contributed by atoms with E-state index in [0.29, 0.717) is 48.9 Å². The number of methoxy groups -OCH3 is 1. The summed E-state index contributed by atoms with van der Waals surface area (Å²) in [6, 6.07) is 17.0. The van der Waals surface area contributed by atoms with E-state index in [-0.39, 0.29) is 17.7 Å². The zero-order valence-electron chi connectivity index (χ0n) is 33.0. The molecule has 5 atom stereocenters. The number of pyridine rings is 1. The van der Waals surface area contributed by atoms with Gasteiger partial charge in [0, 0.05) is 60.0 Å². The summed E-state index contributed by atoms with van der Waals surface area (Å²) >= 11 is 5.93. The van der Waals surface area contributed by atoms with Gasteiger partial charge >= 0.3 is 11.9 Å². The minimum absolute atomic E-state index is 0.158. The normalized spacial score (nSPS) is 19.4. The van der Waals surface area contributed by atoms with Crippen LogP contribution in [-0.4, -0.2) is 55.8 Å². The van der Waals surface area contributed by atoms with Gasteiger partial charge in [-0.3, -0.25) is 9.59 Å². The molecule has 3 aromatic rings. The molecular formula is C43H54ClN4O8+. The Hall–Kier alpha value is -4.99. The maximum absolute atomic E-state index is 12.8. The average molecular weight is 790 g/mol. The monoisotopic (exact) mass is 789 g/mol. The summed E-state index contributed by atoms with van der Waals surface area (Å²) in [5, 5.41) is 13.0. The van der Waals surface area contributed by atoms with Crippen molar-refractivity contribution < 1.29 is 42.6 Å². The number of amides is 1. The molecule has 1 aliphatic rings. The highest BCUT2D eigenvalue weighted by Crippen LogP contribution is 2.37. The Labute approximate surface area is 335 Å². The first-order valence-electron chi connectivity index (χ1n) is 19.3. The Balaban J connectivity index is 1.34. The van der Waals surface area contributed by atoms with Crippen molar-refractivity contribution in [2.24, 2.45) is 16.8 Å². The lowest BCUT2D eigenvalue weighted by Crippen LogP contribution is -2.55. The van der Waals surface area contributed by atoms with E-state index in [1.165, 1.54) is 14.0 Å². The topological polar surface area (TPSA) is 149 Å². The number of esters is 2. The van der Waals surface area contributed by atoms with Crippen molar-refractivity contribution in [3.8, 4) is 17.7 Å². The molecular weight excluding hydrogens is 736 g/mol. The van der Waals surface area contributed by atoms with Crippen LogP contribution in [0.5, 0.6) is 11.5 Å². The number of nitriles is 1. The molecule has 0 spiro atoms. The van der Waals surface area contributed by atoms with Gasteiger partial charge in [-0.25, -0.2) is 9.36 Å². The molecule has 1 amide bonds. The number of ether oxygens (including phenoxy) is 5. The second-order valence-corrected chi connectivity index (χ2v) is 14.6. The molecule has 1 aliphatic heterocycles. The SMILES string of the molecule is CCCC(=O)Nc1cc(C[n+]2ccc(CC(CCCCCCCOc3ccc(Cl)cc3)=NC#N)cc2)ccc1O[C@@H]1O[C@H](C(=O)OC)[C@@H](OC(C)=O)[C@H](C)[C@H]1C. The summed E-state index contributed by atoms with van der Waals surface area (Å²) in [6.45, 7) is 8.16. The maximum atomic E-state index is 12.8. The van der Waals surface area contributed by atoms with Crippen molar-refractivity contribution >= 4 is 40.8 Å². The van der Waals surface area contributed by atoms with Gasteiger partial charge in [0.1, 0.15) is 17.6 Å². The molecule has 0 unspecified atom stereocenters. The van der Waals surface area contributed by atoms with Crippen LogP contribution in [0.1, 0.15) is 90.2 Å². The van der Waals surface area contributed by atoms with E-state index in [9.17, 15) is 19.6 Å². The lowest BCUT2D eigenvalue weighted by Gasteiger charge is -2.42. The molecule has 1 fully saturated rings. The van der Waals surface area contributed by atoms with Crippen molar-refractivity contribution in [2.45, 2.75) is 111 Å².